The predicted molar refractivity (Wildman–Crippen MR) is 52.1 cm³/mol. The van der Waals surface area contributed by atoms with Gasteiger partial charge in [-0.1, -0.05) is 13.8 Å². The van der Waals surface area contributed by atoms with Gasteiger partial charge in [-0.2, -0.15) is 17.4 Å². The van der Waals surface area contributed by atoms with E-state index in [1.165, 1.54) is 6.92 Å². The zero-order chi connectivity index (χ0) is 11.4. The van der Waals surface area contributed by atoms with E-state index < -0.39 is 22.2 Å². The fourth-order valence-electron chi connectivity index (χ4n) is 0.912. The minimum atomic E-state index is -3.66. The van der Waals surface area contributed by atoms with Crippen molar-refractivity contribution in [3.63, 3.8) is 0 Å². The van der Waals surface area contributed by atoms with Gasteiger partial charge in [0.15, 0.2) is 0 Å². The fourth-order valence-corrected chi connectivity index (χ4v) is 2.29. The number of rotatable bonds is 6. The van der Waals surface area contributed by atoms with Crippen molar-refractivity contribution >= 4 is 16.2 Å². The molecule has 0 aliphatic heterocycles. The lowest BCUT2D eigenvalue weighted by molar-refractivity contribution is -0.138. The molecule has 0 fully saturated rings. The van der Waals surface area contributed by atoms with E-state index >= 15 is 0 Å². The summed E-state index contributed by atoms with van der Waals surface area (Å²) in [5, 5.41) is 8.53. The molecular weight excluding hydrogens is 208 g/mol. The second kappa shape index (κ2) is 5.28. The number of hydrogen-bond donors (Lipinski definition) is 2. The van der Waals surface area contributed by atoms with Gasteiger partial charge in [0, 0.05) is 13.1 Å². The van der Waals surface area contributed by atoms with E-state index in [1.54, 1.807) is 13.8 Å². The Kier molecular flexibility index (Phi) is 5.03. The van der Waals surface area contributed by atoms with Crippen molar-refractivity contribution < 1.29 is 18.3 Å². The molecule has 0 amide bonds. The van der Waals surface area contributed by atoms with Crippen LogP contribution in [0.3, 0.4) is 0 Å². The van der Waals surface area contributed by atoms with Gasteiger partial charge in [0.1, 0.15) is 6.04 Å². The van der Waals surface area contributed by atoms with E-state index in [2.05, 4.69) is 4.72 Å². The lowest BCUT2D eigenvalue weighted by Crippen LogP contribution is -2.46. The second-order valence-electron chi connectivity index (χ2n) is 2.77. The van der Waals surface area contributed by atoms with Gasteiger partial charge < -0.3 is 5.11 Å². The third-order valence-electron chi connectivity index (χ3n) is 1.74. The SMILES string of the molecule is CCN(CC)S(=O)(=O)NC(C)C(=O)O. The topological polar surface area (TPSA) is 86.7 Å². The number of nitrogens with one attached hydrogen (secondary N) is 1. The summed E-state index contributed by atoms with van der Waals surface area (Å²) in [6.45, 7) is 5.29. The van der Waals surface area contributed by atoms with Gasteiger partial charge in [0.25, 0.3) is 10.2 Å². The van der Waals surface area contributed by atoms with Crippen LogP contribution >= 0.6 is 0 Å². The highest BCUT2D eigenvalue weighted by Gasteiger charge is 2.23. The van der Waals surface area contributed by atoms with Crippen molar-refractivity contribution in [3.05, 3.63) is 0 Å². The van der Waals surface area contributed by atoms with Gasteiger partial charge in [-0.3, -0.25) is 4.79 Å². The summed E-state index contributed by atoms with van der Waals surface area (Å²) >= 11 is 0. The van der Waals surface area contributed by atoms with Crippen molar-refractivity contribution in [1.82, 2.24) is 9.03 Å². The van der Waals surface area contributed by atoms with E-state index in [0.717, 1.165) is 4.31 Å². The first-order chi connectivity index (χ1) is 6.35. The smallest absolute Gasteiger partial charge is 0.321 e. The van der Waals surface area contributed by atoms with Gasteiger partial charge in [-0.25, -0.2) is 0 Å². The lowest BCUT2D eigenvalue weighted by atomic mass is 10.4. The largest absolute Gasteiger partial charge is 0.480 e. The standard InChI is InChI=1S/C7H16N2O4S/c1-4-9(5-2)14(12,13)8-6(3)7(10)11/h6,8H,4-5H2,1-3H3,(H,10,11). The van der Waals surface area contributed by atoms with Crippen molar-refractivity contribution in [3.8, 4) is 0 Å². The Balaban J connectivity index is 4.56. The van der Waals surface area contributed by atoms with Gasteiger partial charge in [-0.15, -0.1) is 0 Å². The van der Waals surface area contributed by atoms with Gasteiger partial charge in [0.2, 0.25) is 0 Å². The van der Waals surface area contributed by atoms with Crippen LogP contribution in [0.5, 0.6) is 0 Å². The first-order valence-electron chi connectivity index (χ1n) is 4.35. The molecular formula is C7H16N2O4S. The van der Waals surface area contributed by atoms with Gasteiger partial charge >= 0.3 is 5.97 Å². The Morgan fingerprint density at radius 1 is 1.43 bits per heavy atom. The summed E-state index contributed by atoms with van der Waals surface area (Å²) in [4.78, 5) is 10.4. The first kappa shape index (κ1) is 13.3. The number of carboxylic acid groups (broad SMARTS) is 1. The minimum Gasteiger partial charge on any atom is -0.480 e. The summed E-state index contributed by atoms with van der Waals surface area (Å²) < 4.78 is 26.1. The van der Waals surface area contributed by atoms with Crippen molar-refractivity contribution in [2.75, 3.05) is 13.1 Å². The van der Waals surface area contributed by atoms with Crippen LogP contribution in [-0.4, -0.2) is 42.9 Å². The molecule has 0 aromatic carbocycles. The summed E-state index contributed by atoms with van der Waals surface area (Å²) in [6, 6.07) is -1.11. The summed E-state index contributed by atoms with van der Waals surface area (Å²) in [7, 11) is -3.66. The van der Waals surface area contributed by atoms with E-state index in [0.29, 0.717) is 13.1 Å². The van der Waals surface area contributed by atoms with Crippen LogP contribution in [0.1, 0.15) is 20.8 Å². The summed E-state index contributed by atoms with van der Waals surface area (Å²) in [6.07, 6.45) is 0. The van der Waals surface area contributed by atoms with E-state index in [-0.39, 0.29) is 0 Å². The Bertz CT molecular complexity index is 284. The Hall–Kier alpha value is -0.660. The molecule has 0 aromatic heterocycles. The number of aliphatic carboxylic acids is 1. The first-order valence-corrected chi connectivity index (χ1v) is 5.79. The molecule has 0 heterocycles. The Labute approximate surface area is 84.1 Å². The highest BCUT2D eigenvalue weighted by molar-refractivity contribution is 7.87. The maximum atomic E-state index is 11.5. The molecule has 1 unspecified atom stereocenters. The predicted octanol–water partition coefficient (Wildman–Crippen LogP) is -0.364. The normalized spacial score (nSPS) is 14.3. The van der Waals surface area contributed by atoms with Crippen LogP contribution in [0.4, 0.5) is 0 Å². The third kappa shape index (κ3) is 3.60. The Morgan fingerprint density at radius 3 is 2.14 bits per heavy atom. The highest BCUT2D eigenvalue weighted by atomic mass is 32.2. The molecule has 7 heteroatoms. The third-order valence-corrected chi connectivity index (χ3v) is 3.59. The average Bonchev–Trinajstić information content (AvgIpc) is 2.04. The molecule has 14 heavy (non-hydrogen) atoms. The number of carboxylic acids is 1. The van der Waals surface area contributed by atoms with Crippen molar-refractivity contribution in [2.45, 2.75) is 26.8 Å². The van der Waals surface area contributed by atoms with E-state index in [9.17, 15) is 13.2 Å². The molecule has 84 valence electrons. The van der Waals surface area contributed by atoms with E-state index in [1.807, 2.05) is 0 Å². The molecule has 0 radical (unpaired) electrons. The van der Waals surface area contributed by atoms with Crippen LogP contribution < -0.4 is 4.72 Å². The molecule has 0 saturated heterocycles. The lowest BCUT2D eigenvalue weighted by Gasteiger charge is -2.20. The molecule has 0 aliphatic carbocycles. The fraction of sp³-hybridized carbons (Fsp3) is 0.857. The Morgan fingerprint density at radius 2 is 1.86 bits per heavy atom. The second-order valence-corrected chi connectivity index (χ2v) is 4.47. The van der Waals surface area contributed by atoms with Crippen LogP contribution in [0, 0.1) is 0 Å². The summed E-state index contributed by atoms with van der Waals surface area (Å²) in [5.41, 5.74) is 0. The zero-order valence-electron chi connectivity index (χ0n) is 8.52. The van der Waals surface area contributed by atoms with Crippen LogP contribution in [0.25, 0.3) is 0 Å². The van der Waals surface area contributed by atoms with Gasteiger partial charge in [-0.05, 0) is 6.92 Å². The maximum absolute atomic E-state index is 11.5. The monoisotopic (exact) mass is 224 g/mol. The molecule has 0 aromatic rings. The number of nitrogens with zero attached hydrogens (tertiary/aromatic N) is 1. The van der Waals surface area contributed by atoms with Crippen LogP contribution in [0.2, 0.25) is 0 Å². The molecule has 0 aliphatic rings. The van der Waals surface area contributed by atoms with Gasteiger partial charge in [0.05, 0.1) is 0 Å². The molecule has 0 spiro atoms. The molecule has 0 rings (SSSR count). The summed E-state index contributed by atoms with van der Waals surface area (Å²) in [5.74, 6) is -1.19. The van der Waals surface area contributed by atoms with Crippen LogP contribution in [-0.2, 0) is 15.0 Å². The molecule has 0 saturated carbocycles. The number of hydrogen-bond acceptors (Lipinski definition) is 3. The minimum absolute atomic E-state index is 0.318. The maximum Gasteiger partial charge on any atom is 0.321 e. The quantitative estimate of drug-likeness (QED) is 0.645. The van der Waals surface area contributed by atoms with Crippen molar-refractivity contribution in [2.24, 2.45) is 0 Å². The van der Waals surface area contributed by atoms with Crippen LogP contribution in [0.15, 0.2) is 0 Å². The zero-order valence-corrected chi connectivity index (χ0v) is 9.34. The molecule has 1 atom stereocenters. The molecule has 0 bridgehead atoms. The average molecular weight is 224 g/mol. The molecule has 6 nitrogen and oxygen atoms in total. The van der Waals surface area contributed by atoms with Crippen molar-refractivity contribution in [1.29, 1.82) is 0 Å². The molecule has 2 N–H and O–H groups in total. The number of carbonyl (C=O) groups is 1. The van der Waals surface area contributed by atoms with E-state index in [4.69, 9.17) is 5.11 Å². The highest BCUT2D eigenvalue weighted by Crippen LogP contribution is 1.98.